The summed E-state index contributed by atoms with van der Waals surface area (Å²) in [5.41, 5.74) is 0. The number of esters is 1. The first-order valence-electron chi connectivity index (χ1n) is 7.91. The predicted octanol–water partition coefficient (Wildman–Crippen LogP) is 0.0325. The van der Waals surface area contributed by atoms with E-state index >= 15 is 0 Å². The Morgan fingerprint density at radius 3 is 2.29 bits per heavy atom. The molecule has 1 rings (SSSR count). The summed E-state index contributed by atoms with van der Waals surface area (Å²) in [5.74, 6) is -1.28. The molecule has 2 N–H and O–H groups in total. The third-order valence-corrected chi connectivity index (χ3v) is 5.58. The molecule has 0 heterocycles. The van der Waals surface area contributed by atoms with E-state index in [1.165, 1.54) is 31.4 Å². The van der Waals surface area contributed by atoms with Gasteiger partial charge in [0.25, 0.3) is 10.1 Å². The van der Waals surface area contributed by atoms with Crippen LogP contribution in [0.25, 0.3) is 0 Å². The number of carbonyl (C=O) groups excluding carboxylic acids is 2. The Morgan fingerprint density at radius 2 is 1.75 bits per heavy atom. The summed E-state index contributed by atoms with van der Waals surface area (Å²) < 4.78 is 58.4. The van der Waals surface area contributed by atoms with Gasteiger partial charge in [-0.05, 0) is 30.7 Å². The van der Waals surface area contributed by atoms with Crippen molar-refractivity contribution in [3.63, 3.8) is 0 Å². The Hall–Kier alpha value is -1.73. The fourth-order valence-corrected chi connectivity index (χ4v) is 3.58. The average molecular weight is 457 g/mol. The molecule has 28 heavy (non-hydrogen) atoms. The lowest BCUT2D eigenvalue weighted by molar-refractivity contribution is -0.140. The van der Waals surface area contributed by atoms with Crippen molar-refractivity contribution < 1.29 is 35.3 Å². The molecular formula is C15H21ClN2O8S2. The van der Waals surface area contributed by atoms with Crippen molar-refractivity contribution in [2.45, 2.75) is 23.8 Å². The Kier molecular flexibility index (Phi) is 9.30. The monoisotopic (exact) mass is 456 g/mol. The van der Waals surface area contributed by atoms with Gasteiger partial charge in [-0.15, -0.1) is 0 Å². The molecule has 1 unspecified atom stereocenters. The van der Waals surface area contributed by atoms with Gasteiger partial charge in [0.15, 0.2) is 0 Å². The number of nitrogens with one attached hydrogen (secondary N) is 2. The van der Waals surface area contributed by atoms with Crippen LogP contribution >= 0.6 is 11.6 Å². The van der Waals surface area contributed by atoms with Crippen LogP contribution in [0.15, 0.2) is 29.2 Å². The molecule has 0 saturated heterocycles. The summed E-state index contributed by atoms with van der Waals surface area (Å²) in [6.07, 6.45) is 1.08. The van der Waals surface area contributed by atoms with Gasteiger partial charge in [-0.1, -0.05) is 11.6 Å². The third kappa shape index (κ3) is 8.97. The second kappa shape index (κ2) is 10.7. The third-order valence-electron chi connectivity index (χ3n) is 3.27. The molecule has 0 bridgehead atoms. The van der Waals surface area contributed by atoms with Crippen LogP contribution in [0.1, 0.15) is 12.8 Å². The smallest absolute Gasteiger partial charge is 0.305 e. The van der Waals surface area contributed by atoms with Crippen molar-refractivity contribution >= 4 is 43.6 Å². The molecule has 0 aliphatic rings. The number of ether oxygens (including phenoxy) is 1. The van der Waals surface area contributed by atoms with Crippen molar-refractivity contribution in [1.82, 2.24) is 10.0 Å². The molecule has 1 aromatic carbocycles. The normalized spacial score (nSPS) is 13.0. The summed E-state index contributed by atoms with van der Waals surface area (Å²) in [5, 5.41) is 2.73. The number of benzene rings is 1. The summed E-state index contributed by atoms with van der Waals surface area (Å²) >= 11 is 5.72. The number of amides is 1. The maximum absolute atomic E-state index is 12.4. The van der Waals surface area contributed by atoms with Gasteiger partial charge in [-0.3, -0.25) is 13.8 Å². The zero-order valence-electron chi connectivity index (χ0n) is 15.2. The van der Waals surface area contributed by atoms with Gasteiger partial charge in [-0.25, -0.2) is 8.42 Å². The van der Waals surface area contributed by atoms with E-state index in [9.17, 15) is 26.4 Å². The maximum Gasteiger partial charge on any atom is 0.305 e. The molecule has 1 amide bonds. The van der Waals surface area contributed by atoms with E-state index in [0.717, 1.165) is 6.26 Å². The zero-order chi connectivity index (χ0) is 21.4. The van der Waals surface area contributed by atoms with Gasteiger partial charge >= 0.3 is 5.97 Å². The van der Waals surface area contributed by atoms with Crippen molar-refractivity contribution in [3.8, 4) is 0 Å². The fraction of sp³-hybridized carbons (Fsp3) is 0.467. The molecule has 0 spiro atoms. The molecule has 1 aromatic rings. The molecule has 0 aliphatic carbocycles. The van der Waals surface area contributed by atoms with E-state index < -0.39 is 44.7 Å². The van der Waals surface area contributed by atoms with E-state index in [2.05, 4.69) is 19.0 Å². The van der Waals surface area contributed by atoms with Gasteiger partial charge in [0.2, 0.25) is 15.9 Å². The summed E-state index contributed by atoms with van der Waals surface area (Å²) in [6.45, 7) is -0.694. The van der Waals surface area contributed by atoms with Crippen molar-refractivity contribution in [2.24, 2.45) is 0 Å². The molecule has 0 radical (unpaired) electrons. The molecule has 1 atom stereocenters. The lowest BCUT2D eigenvalue weighted by atomic mass is 10.3. The first-order chi connectivity index (χ1) is 12.9. The van der Waals surface area contributed by atoms with E-state index in [1.54, 1.807) is 0 Å². The van der Waals surface area contributed by atoms with Crippen LogP contribution in [0.3, 0.4) is 0 Å². The fourth-order valence-electron chi connectivity index (χ4n) is 1.89. The molecule has 158 valence electrons. The van der Waals surface area contributed by atoms with Crippen LogP contribution in [0, 0.1) is 0 Å². The number of methoxy groups -OCH3 is 1. The van der Waals surface area contributed by atoms with Crippen LogP contribution in [-0.2, 0) is 38.7 Å². The highest BCUT2D eigenvalue weighted by Gasteiger charge is 2.27. The zero-order valence-corrected chi connectivity index (χ0v) is 17.6. The van der Waals surface area contributed by atoms with Crippen LogP contribution < -0.4 is 10.0 Å². The minimum absolute atomic E-state index is 0.0476. The van der Waals surface area contributed by atoms with Crippen LogP contribution in [-0.4, -0.2) is 61.3 Å². The van der Waals surface area contributed by atoms with Gasteiger partial charge in [-0.2, -0.15) is 13.1 Å². The van der Waals surface area contributed by atoms with Gasteiger partial charge in [0.05, 0.1) is 24.9 Å². The molecule has 0 aliphatic heterocycles. The minimum Gasteiger partial charge on any atom is -0.469 e. The Morgan fingerprint density at radius 1 is 1.14 bits per heavy atom. The van der Waals surface area contributed by atoms with Gasteiger partial charge in [0, 0.05) is 18.0 Å². The number of rotatable bonds is 11. The van der Waals surface area contributed by atoms with Gasteiger partial charge < -0.3 is 10.1 Å². The molecule has 13 heteroatoms. The second-order valence-corrected chi connectivity index (χ2v) is 9.38. The summed E-state index contributed by atoms with van der Waals surface area (Å²) in [7, 11) is -6.84. The minimum atomic E-state index is -4.16. The van der Waals surface area contributed by atoms with Crippen molar-refractivity contribution in [2.75, 3.05) is 26.5 Å². The van der Waals surface area contributed by atoms with Crippen LogP contribution in [0.2, 0.25) is 5.02 Å². The topological polar surface area (TPSA) is 145 Å². The molecule has 0 aromatic heterocycles. The summed E-state index contributed by atoms with van der Waals surface area (Å²) in [4.78, 5) is 23.2. The average Bonchev–Trinajstić information content (AvgIpc) is 2.61. The number of hydrogen-bond donors (Lipinski definition) is 2. The Labute approximate surface area is 168 Å². The number of carbonyl (C=O) groups is 2. The summed E-state index contributed by atoms with van der Waals surface area (Å²) in [6, 6.07) is 3.64. The SMILES string of the molecule is COC(=O)CCCNC(=O)C(COS(C)(=O)=O)NS(=O)(=O)c1ccc(Cl)cc1. The van der Waals surface area contributed by atoms with E-state index in [1.807, 2.05) is 0 Å². The number of sulfonamides is 1. The molecular weight excluding hydrogens is 436 g/mol. The molecule has 0 saturated carbocycles. The number of hydrogen-bond acceptors (Lipinski definition) is 8. The van der Waals surface area contributed by atoms with Crippen molar-refractivity contribution in [3.05, 3.63) is 29.3 Å². The molecule has 0 fully saturated rings. The maximum atomic E-state index is 12.4. The quantitative estimate of drug-likeness (QED) is 0.269. The van der Waals surface area contributed by atoms with E-state index in [4.69, 9.17) is 11.6 Å². The Bertz CT molecular complexity index is 885. The van der Waals surface area contributed by atoms with Crippen LogP contribution in [0.4, 0.5) is 0 Å². The molecule has 10 nitrogen and oxygen atoms in total. The standard InChI is InChI=1S/C15H21ClN2O8S2/c1-25-14(19)4-3-9-17-15(20)13(10-26-27(2,21)22)18-28(23,24)12-7-5-11(16)6-8-12/h5-8,13,18H,3-4,9-10H2,1-2H3,(H,17,20). The Balaban J connectivity index is 2.84. The first kappa shape index (κ1) is 24.3. The lowest BCUT2D eigenvalue weighted by Crippen LogP contribution is -2.49. The highest BCUT2D eigenvalue weighted by Crippen LogP contribution is 2.14. The van der Waals surface area contributed by atoms with E-state index in [0.29, 0.717) is 5.02 Å². The largest absolute Gasteiger partial charge is 0.469 e. The number of halogens is 1. The highest BCUT2D eigenvalue weighted by molar-refractivity contribution is 7.89. The lowest BCUT2D eigenvalue weighted by Gasteiger charge is -2.18. The van der Waals surface area contributed by atoms with E-state index in [-0.39, 0.29) is 24.3 Å². The second-order valence-electron chi connectivity index (χ2n) is 5.59. The van der Waals surface area contributed by atoms with Crippen molar-refractivity contribution in [1.29, 1.82) is 0 Å². The predicted molar refractivity (Wildman–Crippen MR) is 101 cm³/mol. The highest BCUT2D eigenvalue weighted by atomic mass is 35.5. The van der Waals surface area contributed by atoms with Crippen LogP contribution in [0.5, 0.6) is 0 Å². The first-order valence-corrected chi connectivity index (χ1v) is 11.6. The van der Waals surface area contributed by atoms with Gasteiger partial charge in [0.1, 0.15) is 6.04 Å².